The summed E-state index contributed by atoms with van der Waals surface area (Å²) in [5.74, 6) is 1.06. The first kappa shape index (κ1) is 13.7. The summed E-state index contributed by atoms with van der Waals surface area (Å²) < 4.78 is 0. The average molecular weight is 263 g/mol. The maximum Gasteiger partial charge on any atom is 0.271 e. The lowest BCUT2D eigenvalue weighted by atomic mass is 9.98. The van der Waals surface area contributed by atoms with E-state index in [4.69, 9.17) is 5.73 Å². The van der Waals surface area contributed by atoms with Crippen molar-refractivity contribution in [3.63, 3.8) is 0 Å². The molecule has 1 amide bonds. The van der Waals surface area contributed by atoms with Crippen LogP contribution in [0.15, 0.2) is 12.1 Å². The molecule has 0 saturated heterocycles. The Morgan fingerprint density at radius 1 is 1.42 bits per heavy atom. The SMILES string of the molecule is CNC(=O)c1ccc(NC(CN)C2CCCC2)nn1. The maximum atomic E-state index is 11.4. The van der Waals surface area contributed by atoms with Gasteiger partial charge in [-0.25, -0.2) is 0 Å². The van der Waals surface area contributed by atoms with Gasteiger partial charge in [0.1, 0.15) is 5.82 Å². The highest BCUT2D eigenvalue weighted by molar-refractivity contribution is 5.91. The van der Waals surface area contributed by atoms with Crippen LogP contribution in [0.2, 0.25) is 0 Å². The number of hydrogen-bond acceptors (Lipinski definition) is 5. The van der Waals surface area contributed by atoms with Crippen molar-refractivity contribution in [2.24, 2.45) is 11.7 Å². The number of rotatable bonds is 5. The van der Waals surface area contributed by atoms with Gasteiger partial charge in [0.05, 0.1) is 0 Å². The van der Waals surface area contributed by atoms with Crippen molar-refractivity contribution >= 4 is 11.7 Å². The molecule has 2 rings (SSSR count). The fourth-order valence-corrected chi connectivity index (χ4v) is 2.58. The van der Waals surface area contributed by atoms with Gasteiger partial charge in [0.15, 0.2) is 5.69 Å². The van der Waals surface area contributed by atoms with Gasteiger partial charge in [0, 0.05) is 19.6 Å². The van der Waals surface area contributed by atoms with Crippen LogP contribution >= 0.6 is 0 Å². The molecule has 6 nitrogen and oxygen atoms in total. The zero-order valence-corrected chi connectivity index (χ0v) is 11.2. The van der Waals surface area contributed by atoms with Crippen LogP contribution in [0.3, 0.4) is 0 Å². The Balaban J connectivity index is 1.99. The summed E-state index contributed by atoms with van der Waals surface area (Å²) in [7, 11) is 1.57. The van der Waals surface area contributed by atoms with Crippen molar-refractivity contribution in [1.82, 2.24) is 15.5 Å². The van der Waals surface area contributed by atoms with Gasteiger partial charge in [0.2, 0.25) is 0 Å². The summed E-state index contributed by atoms with van der Waals surface area (Å²) in [4.78, 5) is 11.4. The molecule has 6 heteroatoms. The second kappa shape index (κ2) is 6.47. The molecule has 0 aromatic carbocycles. The monoisotopic (exact) mass is 263 g/mol. The fraction of sp³-hybridized carbons (Fsp3) is 0.615. The quantitative estimate of drug-likeness (QED) is 0.729. The minimum atomic E-state index is -0.231. The maximum absolute atomic E-state index is 11.4. The highest BCUT2D eigenvalue weighted by Gasteiger charge is 2.24. The molecular formula is C13H21N5O. The molecule has 19 heavy (non-hydrogen) atoms. The second-order valence-corrected chi connectivity index (χ2v) is 4.91. The van der Waals surface area contributed by atoms with Crippen molar-refractivity contribution in [2.45, 2.75) is 31.7 Å². The molecule has 0 radical (unpaired) electrons. The molecule has 1 unspecified atom stereocenters. The smallest absolute Gasteiger partial charge is 0.271 e. The number of hydrogen-bond donors (Lipinski definition) is 3. The molecule has 0 aliphatic heterocycles. The van der Waals surface area contributed by atoms with Crippen molar-refractivity contribution < 1.29 is 4.79 Å². The number of nitrogens with zero attached hydrogens (tertiary/aromatic N) is 2. The third-order valence-electron chi connectivity index (χ3n) is 3.68. The topological polar surface area (TPSA) is 92.9 Å². The van der Waals surface area contributed by atoms with Crippen LogP contribution in [-0.2, 0) is 0 Å². The molecule has 1 aromatic heterocycles. The summed E-state index contributed by atoms with van der Waals surface area (Å²) in [6, 6.07) is 3.67. The van der Waals surface area contributed by atoms with Gasteiger partial charge >= 0.3 is 0 Å². The fourth-order valence-electron chi connectivity index (χ4n) is 2.58. The van der Waals surface area contributed by atoms with Crippen molar-refractivity contribution in [1.29, 1.82) is 0 Å². The molecule has 0 spiro atoms. The highest BCUT2D eigenvalue weighted by atomic mass is 16.1. The van der Waals surface area contributed by atoms with Crippen LogP contribution in [0.1, 0.15) is 36.2 Å². The number of carbonyl (C=O) groups is 1. The van der Waals surface area contributed by atoms with Crippen LogP contribution in [-0.4, -0.2) is 35.7 Å². The molecule has 1 aliphatic carbocycles. The lowest BCUT2D eigenvalue weighted by Crippen LogP contribution is -2.35. The summed E-state index contributed by atoms with van der Waals surface area (Å²) in [5, 5.41) is 13.8. The van der Waals surface area contributed by atoms with E-state index in [-0.39, 0.29) is 11.9 Å². The summed E-state index contributed by atoms with van der Waals surface area (Å²) in [6.45, 7) is 0.587. The van der Waals surface area contributed by atoms with Crippen LogP contribution in [0, 0.1) is 5.92 Å². The van der Waals surface area contributed by atoms with E-state index < -0.39 is 0 Å². The van der Waals surface area contributed by atoms with Gasteiger partial charge in [-0.15, -0.1) is 10.2 Å². The molecule has 1 heterocycles. The minimum absolute atomic E-state index is 0.231. The number of aromatic nitrogens is 2. The molecule has 1 fully saturated rings. The predicted molar refractivity (Wildman–Crippen MR) is 73.8 cm³/mol. The Morgan fingerprint density at radius 2 is 2.16 bits per heavy atom. The van der Waals surface area contributed by atoms with Crippen LogP contribution in [0.4, 0.5) is 5.82 Å². The van der Waals surface area contributed by atoms with Gasteiger partial charge in [-0.1, -0.05) is 12.8 Å². The van der Waals surface area contributed by atoms with Gasteiger partial charge in [-0.05, 0) is 30.9 Å². The van der Waals surface area contributed by atoms with E-state index in [9.17, 15) is 4.79 Å². The van der Waals surface area contributed by atoms with E-state index in [1.54, 1.807) is 19.2 Å². The summed E-state index contributed by atoms with van der Waals surface area (Å²) >= 11 is 0. The second-order valence-electron chi connectivity index (χ2n) is 4.91. The van der Waals surface area contributed by atoms with E-state index in [1.165, 1.54) is 25.7 Å². The molecule has 1 atom stereocenters. The Morgan fingerprint density at radius 3 is 2.68 bits per heavy atom. The predicted octanol–water partition coefficient (Wildman–Crippen LogP) is 0.766. The number of carbonyl (C=O) groups excluding carboxylic acids is 1. The number of anilines is 1. The third-order valence-corrected chi connectivity index (χ3v) is 3.68. The van der Waals surface area contributed by atoms with Crippen molar-refractivity contribution in [2.75, 3.05) is 18.9 Å². The number of nitrogens with one attached hydrogen (secondary N) is 2. The first-order valence-electron chi connectivity index (χ1n) is 6.77. The van der Waals surface area contributed by atoms with Gasteiger partial charge in [0.25, 0.3) is 5.91 Å². The summed E-state index contributed by atoms with van der Waals surface area (Å²) in [6.07, 6.45) is 5.01. The van der Waals surface area contributed by atoms with E-state index in [1.807, 2.05) is 0 Å². The lowest BCUT2D eigenvalue weighted by Gasteiger charge is -2.23. The zero-order chi connectivity index (χ0) is 13.7. The number of amides is 1. The average Bonchev–Trinajstić information content (AvgIpc) is 2.98. The molecular weight excluding hydrogens is 242 g/mol. The number of nitrogens with two attached hydrogens (primary N) is 1. The highest BCUT2D eigenvalue weighted by Crippen LogP contribution is 2.28. The van der Waals surface area contributed by atoms with Gasteiger partial charge in [-0.3, -0.25) is 4.79 Å². The Labute approximate surface area is 113 Å². The normalized spacial score (nSPS) is 17.2. The van der Waals surface area contributed by atoms with Crippen LogP contribution in [0.25, 0.3) is 0 Å². The standard InChI is InChI=1S/C13H21N5O/c1-15-13(19)10-6-7-12(18-17-10)16-11(8-14)9-4-2-3-5-9/h6-7,9,11H,2-5,8,14H2,1H3,(H,15,19)(H,16,18). The molecule has 1 saturated carbocycles. The summed E-state index contributed by atoms with van der Waals surface area (Å²) in [5.41, 5.74) is 6.14. The lowest BCUT2D eigenvalue weighted by molar-refractivity contribution is 0.0957. The molecule has 104 valence electrons. The van der Waals surface area contributed by atoms with Crippen molar-refractivity contribution in [3.8, 4) is 0 Å². The van der Waals surface area contributed by atoms with Crippen molar-refractivity contribution in [3.05, 3.63) is 17.8 Å². The molecule has 4 N–H and O–H groups in total. The van der Waals surface area contributed by atoms with Crippen LogP contribution in [0.5, 0.6) is 0 Å². The van der Waals surface area contributed by atoms with E-state index in [2.05, 4.69) is 20.8 Å². The molecule has 1 aromatic rings. The Hall–Kier alpha value is -1.69. The van der Waals surface area contributed by atoms with Crippen LogP contribution < -0.4 is 16.4 Å². The van der Waals surface area contributed by atoms with Gasteiger partial charge < -0.3 is 16.4 Å². The Kier molecular flexibility index (Phi) is 4.68. The van der Waals surface area contributed by atoms with E-state index in [0.29, 0.717) is 24.0 Å². The minimum Gasteiger partial charge on any atom is -0.364 e. The zero-order valence-electron chi connectivity index (χ0n) is 11.2. The first-order chi connectivity index (χ1) is 9.24. The third kappa shape index (κ3) is 3.41. The van der Waals surface area contributed by atoms with E-state index in [0.717, 1.165) is 0 Å². The Bertz CT molecular complexity index is 414. The molecule has 1 aliphatic rings. The first-order valence-corrected chi connectivity index (χ1v) is 6.77. The molecule has 0 bridgehead atoms. The van der Waals surface area contributed by atoms with E-state index >= 15 is 0 Å². The largest absolute Gasteiger partial charge is 0.364 e. The van der Waals surface area contributed by atoms with Gasteiger partial charge in [-0.2, -0.15) is 0 Å².